The summed E-state index contributed by atoms with van der Waals surface area (Å²) in [7, 11) is 0. The predicted octanol–water partition coefficient (Wildman–Crippen LogP) is 2.09. The van der Waals surface area contributed by atoms with Crippen LogP contribution in [0.4, 0.5) is 0 Å². The van der Waals surface area contributed by atoms with Crippen LogP contribution in [-0.2, 0) is 11.2 Å². The number of carbonyl (C=O) groups is 1. The molecule has 0 bridgehead atoms. The van der Waals surface area contributed by atoms with Gasteiger partial charge in [0.2, 0.25) is 11.8 Å². The minimum absolute atomic E-state index is 0.0944. The second-order valence-electron chi connectivity index (χ2n) is 5.67. The summed E-state index contributed by atoms with van der Waals surface area (Å²) in [6.45, 7) is 3.08. The fourth-order valence-corrected chi connectivity index (χ4v) is 2.55. The van der Waals surface area contributed by atoms with Crippen LogP contribution in [0.15, 0.2) is 42.6 Å². The van der Waals surface area contributed by atoms with Crippen molar-refractivity contribution < 1.29 is 9.53 Å². The van der Waals surface area contributed by atoms with E-state index in [1.807, 2.05) is 31.2 Å². The molecular weight excluding hydrogens is 290 g/mol. The minimum atomic E-state index is -0.0986. The smallest absolute Gasteiger partial charge is 0.232 e. The number of hydrogen-bond acceptors (Lipinski definition) is 4. The van der Waals surface area contributed by atoms with Crippen molar-refractivity contribution in [3.63, 3.8) is 0 Å². The van der Waals surface area contributed by atoms with Crippen molar-refractivity contribution in [2.45, 2.75) is 19.4 Å². The molecule has 5 heteroatoms. The van der Waals surface area contributed by atoms with Crippen LogP contribution >= 0.6 is 0 Å². The molecule has 0 spiro atoms. The number of aromatic nitrogens is 1. The molecule has 23 heavy (non-hydrogen) atoms. The fraction of sp³-hybridized carbons (Fsp3) is 0.278. The number of hydrogen-bond donors (Lipinski definition) is 0. The van der Waals surface area contributed by atoms with Gasteiger partial charge < -0.3 is 9.64 Å². The van der Waals surface area contributed by atoms with Gasteiger partial charge in [0.15, 0.2) is 0 Å². The first kappa shape index (κ1) is 15.0. The first-order chi connectivity index (χ1) is 11.2. The molecule has 2 heterocycles. The van der Waals surface area contributed by atoms with Crippen molar-refractivity contribution in [1.29, 1.82) is 5.26 Å². The van der Waals surface area contributed by atoms with Crippen LogP contribution < -0.4 is 4.74 Å². The Morgan fingerprint density at radius 1 is 1.39 bits per heavy atom. The van der Waals surface area contributed by atoms with Crippen molar-refractivity contribution in [2.75, 3.05) is 13.1 Å². The van der Waals surface area contributed by atoms with Gasteiger partial charge in [-0.1, -0.05) is 29.8 Å². The van der Waals surface area contributed by atoms with Crippen molar-refractivity contribution in [3.05, 3.63) is 59.3 Å². The lowest BCUT2D eigenvalue weighted by Gasteiger charge is -2.38. The Kier molecular flexibility index (Phi) is 4.24. The van der Waals surface area contributed by atoms with E-state index in [-0.39, 0.29) is 12.0 Å². The van der Waals surface area contributed by atoms with Crippen LogP contribution in [0, 0.1) is 18.3 Å². The summed E-state index contributed by atoms with van der Waals surface area (Å²) in [4.78, 5) is 18.1. The van der Waals surface area contributed by atoms with Crippen LogP contribution in [-0.4, -0.2) is 35.0 Å². The topological polar surface area (TPSA) is 66.2 Å². The molecule has 1 aliphatic heterocycles. The average Bonchev–Trinajstić information content (AvgIpc) is 2.50. The standard InChI is InChI=1S/C18H17N3O2/c1-13-4-2-5-14(8-13)9-17(22)21-11-16(12-21)23-18-15(10-19)6-3-7-20-18/h2-8,16H,9,11-12H2,1H3. The number of carbonyl (C=O) groups excluding carboxylic acids is 1. The molecule has 0 N–H and O–H groups in total. The molecule has 1 fully saturated rings. The quantitative estimate of drug-likeness (QED) is 0.867. The first-order valence-corrected chi connectivity index (χ1v) is 7.51. The zero-order valence-electron chi connectivity index (χ0n) is 12.9. The van der Waals surface area contributed by atoms with Gasteiger partial charge in [-0.2, -0.15) is 5.26 Å². The Morgan fingerprint density at radius 2 is 2.22 bits per heavy atom. The van der Waals surface area contributed by atoms with Gasteiger partial charge in [-0.3, -0.25) is 4.79 Å². The van der Waals surface area contributed by atoms with Crippen LogP contribution in [0.1, 0.15) is 16.7 Å². The summed E-state index contributed by atoms with van der Waals surface area (Å²) in [5.41, 5.74) is 2.59. The average molecular weight is 307 g/mol. The molecular formula is C18H17N3O2. The third kappa shape index (κ3) is 3.49. The second-order valence-corrected chi connectivity index (χ2v) is 5.67. The SMILES string of the molecule is Cc1cccc(CC(=O)N2CC(Oc3ncccc3C#N)C2)c1. The largest absolute Gasteiger partial charge is 0.470 e. The molecule has 0 aliphatic carbocycles. The maximum absolute atomic E-state index is 12.2. The Balaban J connectivity index is 1.53. The zero-order valence-corrected chi connectivity index (χ0v) is 12.9. The summed E-state index contributed by atoms with van der Waals surface area (Å²) in [5.74, 6) is 0.433. The van der Waals surface area contributed by atoms with Gasteiger partial charge in [0.05, 0.1) is 19.5 Å². The number of benzene rings is 1. The molecule has 3 rings (SSSR count). The Hall–Kier alpha value is -2.87. The molecule has 1 aromatic carbocycles. The molecule has 0 radical (unpaired) electrons. The van der Waals surface area contributed by atoms with Crippen LogP contribution in [0.5, 0.6) is 5.88 Å². The monoisotopic (exact) mass is 307 g/mol. The van der Waals surface area contributed by atoms with Crippen molar-refractivity contribution in [1.82, 2.24) is 9.88 Å². The van der Waals surface area contributed by atoms with Gasteiger partial charge in [-0.25, -0.2) is 4.98 Å². The van der Waals surface area contributed by atoms with E-state index in [9.17, 15) is 4.79 Å². The molecule has 0 saturated carbocycles. The summed E-state index contributed by atoms with van der Waals surface area (Å²) < 4.78 is 5.69. The highest BCUT2D eigenvalue weighted by molar-refractivity contribution is 5.79. The number of likely N-dealkylation sites (tertiary alicyclic amines) is 1. The molecule has 1 saturated heterocycles. The van der Waals surface area contributed by atoms with Gasteiger partial charge in [-0.15, -0.1) is 0 Å². The maximum Gasteiger partial charge on any atom is 0.232 e. The van der Waals surface area contributed by atoms with E-state index in [2.05, 4.69) is 11.1 Å². The minimum Gasteiger partial charge on any atom is -0.470 e. The maximum atomic E-state index is 12.2. The lowest BCUT2D eigenvalue weighted by molar-refractivity contribution is -0.139. The van der Waals surface area contributed by atoms with Gasteiger partial charge >= 0.3 is 0 Å². The van der Waals surface area contributed by atoms with Crippen LogP contribution in [0.3, 0.4) is 0 Å². The van der Waals surface area contributed by atoms with E-state index in [0.29, 0.717) is 31.0 Å². The summed E-state index contributed by atoms with van der Waals surface area (Å²) in [6.07, 6.45) is 1.90. The lowest BCUT2D eigenvalue weighted by Crippen LogP contribution is -2.56. The molecule has 1 aromatic heterocycles. The Bertz CT molecular complexity index is 761. The van der Waals surface area contributed by atoms with Gasteiger partial charge in [-0.05, 0) is 24.6 Å². The summed E-state index contributed by atoms with van der Waals surface area (Å²) >= 11 is 0. The van der Waals surface area contributed by atoms with E-state index in [1.54, 1.807) is 23.2 Å². The Labute approximate surface area is 135 Å². The fourth-order valence-electron chi connectivity index (χ4n) is 2.55. The first-order valence-electron chi connectivity index (χ1n) is 7.51. The Morgan fingerprint density at radius 3 is 2.96 bits per heavy atom. The second kappa shape index (κ2) is 6.49. The van der Waals surface area contributed by atoms with Crippen LogP contribution in [0.25, 0.3) is 0 Å². The molecule has 5 nitrogen and oxygen atoms in total. The van der Waals surface area contributed by atoms with Gasteiger partial charge in [0.1, 0.15) is 17.7 Å². The third-order valence-corrected chi connectivity index (χ3v) is 3.81. The molecule has 0 atom stereocenters. The van der Waals surface area contributed by atoms with Crippen molar-refractivity contribution >= 4 is 5.91 Å². The number of pyridine rings is 1. The van der Waals surface area contributed by atoms with Crippen molar-refractivity contribution in [3.8, 4) is 11.9 Å². The molecule has 1 aliphatic rings. The normalized spacial score (nSPS) is 14.0. The van der Waals surface area contributed by atoms with E-state index < -0.39 is 0 Å². The lowest BCUT2D eigenvalue weighted by atomic mass is 10.1. The number of nitrogens with zero attached hydrogens (tertiary/aromatic N) is 3. The number of amides is 1. The highest BCUT2D eigenvalue weighted by Crippen LogP contribution is 2.20. The van der Waals surface area contributed by atoms with Gasteiger partial charge in [0, 0.05) is 6.20 Å². The summed E-state index contributed by atoms with van der Waals surface area (Å²) in [5, 5.41) is 9.01. The van der Waals surface area contributed by atoms with Gasteiger partial charge in [0.25, 0.3) is 0 Å². The molecule has 2 aromatic rings. The number of ether oxygens (including phenoxy) is 1. The number of nitriles is 1. The molecule has 0 unspecified atom stereocenters. The van der Waals surface area contributed by atoms with Crippen molar-refractivity contribution in [2.24, 2.45) is 0 Å². The number of rotatable bonds is 4. The number of aryl methyl sites for hydroxylation is 1. The third-order valence-electron chi connectivity index (χ3n) is 3.81. The van der Waals surface area contributed by atoms with E-state index in [4.69, 9.17) is 10.00 Å². The van der Waals surface area contributed by atoms with E-state index >= 15 is 0 Å². The highest BCUT2D eigenvalue weighted by atomic mass is 16.5. The predicted molar refractivity (Wildman–Crippen MR) is 84.8 cm³/mol. The molecule has 116 valence electrons. The zero-order chi connectivity index (χ0) is 16.2. The molecule has 1 amide bonds. The van der Waals surface area contributed by atoms with Crippen LogP contribution in [0.2, 0.25) is 0 Å². The van der Waals surface area contributed by atoms with E-state index in [0.717, 1.165) is 11.1 Å². The summed E-state index contributed by atoms with van der Waals surface area (Å²) in [6, 6.07) is 13.4. The highest BCUT2D eigenvalue weighted by Gasteiger charge is 2.32. The van der Waals surface area contributed by atoms with E-state index in [1.165, 1.54) is 0 Å².